The highest BCUT2D eigenvalue weighted by molar-refractivity contribution is 6.42. The SMILES string of the molecule is CN(c1ccc(Cl)c(Cl)c1)C(C)(C)CCO. The van der Waals surface area contributed by atoms with Crippen molar-refractivity contribution in [3.05, 3.63) is 28.2 Å². The average Bonchev–Trinajstić information content (AvgIpc) is 2.21. The number of aliphatic hydroxyl groups excluding tert-OH is 1. The zero-order valence-corrected chi connectivity index (χ0v) is 11.3. The Kier molecular flexibility index (Phi) is 4.48. The van der Waals surface area contributed by atoms with Gasteiger partial charge in [0.15, 0.2) is 0 Å². The average molecular weight is 262 g/mol. The van der Waals surface area contributed by atoms with Crippen LogP contribution < -0.4 is 4.90 Å². The lowest BCUT2D eigenvalue weighted by molar-refractivity contribution is 0.250. The summed E-state index contributed by atoms with van der Waals surface area (Å²) < 4.78 is 0. The zero-order valence-electron chi connectivity index (χ0n) is 9.80. The molecule has 0 aromatic heterocycles. The van der Waals surface area contributed by atoms with E-state index in [-0.39, 0.29) is 12.1 Å². The molecule has 1 aromatic rings. The minimum absolute atomic E-state index is 0.119. The molecule has 0 saturated heterocycles. The van der Waals surface area contributed by atoms with E-state index in [1.54, 1.807) is 6.07 Å². The Morgan fingerprint density at radius 3 is 2.38 bits per heavy atom. The first-order valence-corrected chi connectivity index (χ1v) is 5.94. The molecule has 0 amide bonds. The van der Waals surface area contributed by atoms with Crippen molar-refractivity contribution >= 4 is 28.9 Å². The van der Waals surface area contributed by atoms with Crippen molar-refractivity contribution < 1.29 is 5.11 Å². The Bertz CT molecular complexity index is 366. The first-order chi connectivity index (χ1) is 7.38. The molecule has 0 atom stereocenters. The van der Waals surface area contributed by atoms with E-state index in [0.717, 1.165) is 5.69 Å². The quantitative estimate of drug-likeness (QED) is 0.896. The zero-order chi connectivity index (χ0) is 12.3. The monoisotopic (exact) mass is 261 g/mol. The molecule has 0 aliphatic heterocycles. The molecule has 4 heteroatoms. The van der Waals surface area contributed by atoms with Crippen LogP contribution in [0.2, 0.25) is 10.0 Å². The second-order valence-corrected chi connectivity index (χ2v) is 5.26. The topological polar surface area (TPSA) is 23.5 Å². The van der Waals surface area contributed by atoms with Crippen LogP contribution in [0.4, 0.5) is 5.69 Å². The molecule has 0 aliphatic carbocycles. The smallest absolute Gasteiger partial charge is 0.0612 e. The van der Waals surface area contributed by atoms with Crippen LogP contribution in [0.1, 0.15) is 20.3 Å². The molecule has 0 aliphatic rings. The fraction of sp³-hybridized carbons (Fsp3) is 0.500. The number of benzene rings is 1. The lowest BCUT2D eigenvalue weighted by Crippen LogP contribution is -2.41. The summed E-state index contributed by atoms with van der Waals surface area (Å²) in [6.07, 6.45) is 0.698. The van der Waals surface area contributed by atoms with E-state index in [4.69, 9.17) is 28.3 Å². The summed E-state index contributed by atoms with van der Waals surface area (Å²) in [4.78, 5) is 2.09. The standard InChI is InChI=1S/C12H17Cl2NO/c1-12(2,6-7-16)15(3)9-4-5-10(13)11(14)8-9/h4-5,8,16H,6-7H2,1-3H3. The van der Waals surface area contributed by atoms with E-state index in [9.17, 15) is 0 Å². The van der Waals surface area contributed by atoms with Crippen molar-refractivity contribution in [1.29, 1.82) is 0 Å². The molecule has 1 rings (SSSR count). The summed E-state index contributed by atoms with van der Waals surface area (Å²) in [7, 11) is 1.98. The maximum Gasteiger partial charge on any atom is 0.0612 e. The van der Waals surface area contributed by atoms with Gasteiger partial charge in [-0.3, -0.25) is 0 Å². The molecule has 0 bridgehead atoms. The van der Waals surface area contributed by atoms with Crippen molar-refractivity contribution in [2.45, 2.75) is 25.8 Å². The number of aliphatic hydroxyl groups is 1. The van der Waals surface area contributed by atoms with E-state index in [1.807, 2.05) is 19.2 Å². The van der Waals surface area contributed by atoms with Crippen LogP contribution in [0, 0.1) is 0 Å². The number of nitrogens with zero attached hydrogens (tertiary/aromatic N) is 1. The molecule has 16 heavy (non-hydrogen) atoms. The van der Waals surface area contributed by atoms with Gasteiger partial charge in [-0.1, -0.05) is 23.2 Å². The maximum absolute atomic E-state index is 9.02. The fourth-order valence-corrected chi connectivity index (χ4v) is 1.78. The van der Waals surface area contributed by atoms with E-state index < -0.39 is 0 Å². The van der Waals surface area contributed by atoms with Crippen LogP contribution in [-0.2, 0) is 0 Å². The summed E-state index contributed by atoms with van der Waals surface area (Å²) in [5.41, 5.74) is 0.874. The van der Waals surface area contributed by atoms with E-state index in [0.29, 0.717) is 16.5 Å². The van der Waals surface area contributed by atoms with E-state index >= 15 is 0 Å². The van der Waals surface area contributed by atoms with Gasteiger partial charge in [-0.25, -0.2) is 0 Å². The highest BCUT2D eigenvalue weighted by Crippen LogP contribution is 2.30. The van der Waals surface area contributed by atoms with Crippen LogP contribution in [0.25, 0.3) is 0 Å². The minimum atomic E-state index is -0.119. The van der Waals surface area contributed by atoms with Crippen LogP contribution in [0.15, 0.2) is 18.2 Å². The molecule has 2 nitrogen and oxygen atoms in total. The van der Waals surface area contributed by atoms with Gasteiger partial charge in [-0.2, -0.15) is 0 Å². The molecular formula is C12H17Cl2NO. The Morgan fingerprint density at radius 1 is 1.25 bits per heavy atom. The minimum Gasteiger partial charge on any atom is -0.396 e. The van der Waals surface area contributed by atoms with Crippen LogP contribution in [0.5, 0.6) is 0 Å². The van der Waals surface area contributed by atoms with Crippen molar-refractivity contribution in [3.63, 3.8) is 0 Å². The largest absolute Gasteiger partial charge is 0.396 e. The summed E-state index contributed by atoms with van der Waals surface area (Å²) in [6, 6.07) is 5.54. The molecule has 0 fully saturated rings. The maximum atomic E-state index is 9.02. The highest BCUT2D eigenvalue weighted by atomic mass is 35.5. The third kappa shape index (κ3) is 3.03. The molecule has 0 unspecified atom stereocenters. The van der Waals surface area contributed by atoms with Crippen molar-refractivity contribution in [2.24, 2.45) is 0 Å². The van der Waals surface area contributed by atoms with Crippen molar-refractivity contribution in [3.8, 4) is 0 Å². The third-order valence-electron chi connectivity index (χ3n) is 2.92. The third-order valence-corrected chi connectivity index (χ3v) is 3.66. The molecule has 0 radical (unpaired) electrons. The van der Waals surface area contributed by atoms with Gasteiger partial charge in [-0.15, -0.1) is 0 Å². The van der Waals surface area contributed by atoms with E-state index in [2.05, 4.69) is 18.7 Å². The molecule has 90 valence electrons. The summed E-state index contributed by atoms with van der Waals surface area (Å²) in [5, 5.41) is 10.1. The van der Waals surface area contributed by atoms with E-state index in [1.165, 1.54) is 0 Å². The first kappa shape index (κ1) is 13.6. The number of anilines is 1. The lowest BCUT2D eigenvalue weighted by atomic mass is 9.98. The van der Waals surface area contributed by atoms with Gasteiger partial charge in [0.25, 0.3) is 0 Å². The van der Waals surface area contributed by atoms with Gasteiger partial charge >= 0.3 is 0 Å². The summed E-state index contributed by atoms with van der Waals surface area (Å²) in [6.45, 7) is 4.32. The van der Waals surface area contributed by atoms with Gasteiger partial charge in [0.1, 0.15) is 0 Å². The molecule has 0 heterocycles. The van der Waals surface area contributed by atoms with Crippen LogP contribution in [0.3, 0.4) is 0 Å². The van der Waals surface area contributed by atoms with Gasteiger partial charge in [0.05, 0.1) is 10.0 Å². The van der Waals surface area contributed by atoms with Gasteiger partial charge in [0, 0.05) is 24.9 Å². The number of hydrogen-bond acceptors (Lipinski definition) is 2. The Morgan fingerprint density at radius 2 is 1.88 bits per heavy atom. The second kappa shape index (κ2) is 5.26. The van der Waals surface area contributed by atoms with Crippen LogP contribution in [-0.4, -0.2) is 24.3 Å². The Balaban J connectivity index is 2.95. The Hall–Kier alpha value is -0.440. The van der Waals surface area contributed by atoms with Gasteiger partial charge in [0.2, 0.25) is 0 Å². The van der Waals surface area contributed by atoms with Gasteiger partial charge in [-0.05, 0) is 38.5 Å². The molecule has 1 N–H and O–H groups in total. The van der Waals surface area contributed by atoms with Crippen LogP contribution >= 0.6 is 23.2 Å². The predicted molar refractivity (Wildman–Crippen MR) is 70.6 cm³/mol. The molecule has 0 spiro atoms. The number of halogens is 2. The molecular weight excluding hydrogens is 245 g/mol. The number of rotatable bonds is 4. The molecule has 0 saturated carbocycles. The normalized spacial score (nSPS) is 11.6. The Labute approximate surface area is 107 Å². The highest BCUT2D eigenvalue weighted by Gasteiger charge is 2.23. The lowest BCUT2D eigenvalue weighted by Gasteiger charge is -2.37. The summed E-state index contributed by atoms with van der Waals surface area (Å²) in [5.74, 6) is 0. The fourth-order valence-electron chi connectivity index (χ4n) is 1.48. The number of hydrogen-bond donors (Lipinski definition) is 1. The van der Waals surface area contributed by atoms with Crippen molar-refractivity contribution in [1.82, 2.24) is 0 Å². The molecule has 1 aromatic carbocycles. The van der Waals surface area contributed by atoms with Crippen molar-refractivity contribution in [2.75, 3.05) is 18.6 Å². The van der Waals surface area contributed by atoms with Gasteiger partial charge < -0.3 is 10.0 Å². The predicted octanol–water partition coefficient (Wildman–Crippen LogP) is 3.59. The second-order valence-electron chi connectivity index (χ2n) is 4.44. The summed E-state index contributed by atoms with van der Waals surface area (Å²) >= 11 is 11.8. The first-order valence-electron chi connectivity index (χ1n) is 5.18.